The molecule has 1 aromatic heterocycles. The van der Waals surface area contributed by atoms with Crippen LogP contribution in [0.25, 0.3) is 0 Å². The maximum Gasteiger partial charge on any atom is 0.323 e. The fraction of sp³-hybridized carbons (Fsp3) is 0.400. The molecule has 0 radical (unpaired) electrons. The van der Waals surface area contributed by atoms with Gasteiger partial charge in [0.1, 0.15) is 6.04 Å². The number of aliphatic carboxylic acids is 1. The summed E-state index contributed by atoms with van der Waals surface area (Å²) in [5, 5.41) is 11.5. The van der Waals surface area contributed by atoms with E-state index in [1.54, 1.807) is 6.92 Å². The molecular formula is C10H11BrN2O5S2. The molecule has 7 nitrogen and oxygen atoms in total. The molecule has 10 heteroatoms. The number of thiophene rings is 1. The molecular weight excluding hydrogens is 372 g/mol. The van der Waals surface area contributed by atoms with Gasteiger partial charge < -0.3 is 10.4 Å². The average Bonchev–Trinajstić information content (AvgIpc) is 2.68. The van der Waals surface area contributed by atoms with Crippen LogP contribution in [0.15, 0.2) is 14.7 Å². The van der Waals surface area contributed by atoms with Crippen molar-refractivity contribution in [3.8, 4) is 0 Å². The van der Waals surface area contributed by atoms with Crippen LogP contribution in [-0.2, 0) is 19.6 Å². The number of carbonyl (C=O) groups is 2. The molecule has 0 aliphatic carbocycles. The van der Waals surface area contributed by atoms with E-state index in [0.29, 0.717) is 8.66 Å². The minimum Gasteiger partial charge on any atom is -0.480 e. The molecule has 0 spiro atoms. The summed E-state index contributed by atoms with van der Waals surface area (Å²) >= 11 is 4.43. The van der Waals surface area contributed by atoms with Gasteiger partial charge in [-0.25, -0.2) is 8.42 Å². The summed E-state index contributed by atoms with van der Waals surface area (Å²) in [7, 11) is -4.03. The van der Waals surface area contributed by atoms with Gasteiger partial charge >= 0.3 is 5.97 Å². The number of carboxylic acids is 1. The Labute approximate surface area is 127 Å². The standard InChI is InChI=1S/C10H11BrN2O5S2/c1-5-7(2-8(11)19-5)20(17,18)13-4-9(14)12-3-6(13)10(15)16/h2,6H,3-4H2,1H3,(H,12,14)(H,15,16). The van der Waals surface area contributed by atoms with Crippen LogP contribution in [0.3, 0.4) is 0 Å². The summed E-state index contributed by atoms with van der Waals surface area (Å²) in [6.07, 6.45) is 0. The Morgan fingerprint density at radius 2 is 2.25 bits per heavy atom. The minimum atomic E-state index is -4.03. The molecule has 2 rings (SSSR count). The van der Waals surface area contributed by atoms with Crippen LogP contribution in [-0.4, -0.2) is 48.8 Å². The van der Waals surface area contributed by atoms with E-state index >= 15 is 0 Å². The molecule has 20 heavy (non-hydrogen) atoms. The van der Waals surface area contributed by atoms with E-state index in [1.807, 2.05) is 0 Å². The van der Waals surface area contributed by atoms with E-state index in [0.717, 1.165) is 4.31 Å². The number of halogens is 1. The normalized spacial score (nSPS) is 20.7. The Hall–Kier alpha value is -0.970. The number of nitrogens with one attached hydrogen (secondary N) is 1. The zero-order chi connectivity index (χ0) is 15.1. The molecule has 0 bridgehead atoms. The topological polar surface area (TPSA) is 104 Å². The third-order valence-corrected chi connectivity index (χ3v) is 6.52. The van der Waals surface area contributed by atoms with Gasteiger partial charge in [-0.2, -0.15) is 4.31 Å². The van der Waals surface area contributed by atoms with Crippen molar-refractivity contribution in [3.63, 3.8) is 0 Å². The summed E-state index contributed by atoms with van der Waals surface area (Å²) in [5.74, 6) is -1.81. The van der Waals surface area contributed by atoms with Crippen molar-refractivity contribution in [1.29, 1.82) is 0 Å². The maximum absolute atomic E-state index is 12.6. The fourth-order valence-corrected chi connectivity index (χ4v) is 5.82. The summed E-state index contributed by atoms with van der Waals surface area (Å²) < 4.78 is 26.5. The molecule has 2 N–H and O–H groups in total. The minimum absolute atomic E-state index is 0.0234. The number of nitrogens with zero attached hydrogens (tertiary/aromatic N) is 1. The molecule has 0 aromatic carbocycles. The molecule has 0 saturated carbocycles. The van der Waals surface area contributed by atoms with Gasteiger partial charge in [-0.1, -0.05) is 0 Å². The molecule has 2 heterocycles. The van der Waals surface area contributed by atoms with Crippen LogP contribution in [0.4, 0.5) is 0 Å². The summed E-state index contributed by atoms with van der Waals surface area (Å²) in [6, 6.07) is 0.122. The molecule has 1 atom stereocenters. The quantitative estimate of drug-likeness (QED) is 0.786. The Bertz CT molecular complexity index is 669. The monoisotopic (exact) mass is 382 g/mol. The highest BCUT2D eigenvalue weighted by atomic mass is 79.9. The first kappa shape index (κ1) is 15.4. The fourth-order valence-electron chi connectivity index (χ4n) is 1.90. The number of sulfonamides is 1. The molecule has 1 aliphatic heterocycles. The van der Waals surface area contributed by atoms with Crippen molar-refractivity contribution in [2.24, 2.45) is 0 Å². The number of hydrogen-bond donors (Lipinski definition) is 2. The second-order valence-electron chi connectivity index (χ2n) is 4.18. The molecule has 1 aliphatic rings. The van der Waals surface area contributed by atoms with E-state index < -0.39 is 34.5 Å². The van der Waals surface area contributed by atoms with Gasteiger partial charge in [0.2, 0.25) is 15.9 Å². The van der Waals surface area contributed by atoms with Gasteiger partial charge in [-0.05, 0) is 28.9 Å². The molecule has 1 aromatic rings. The lowest BCUT2D eigenvalue weighted by molar-refractivity contribution is -0.143. The first-order valence-corrected chi connectivity index (χ1v) is 8.55. The van der Waals surface area contributed by atoms with Gasteiger partial charge in [0.15, 0.2) is 0 Å². The van der Waals surface area contributed by atoms with Crippen molar-refractivity contribution in [2.45, 2.75) is 17.9 Å². The summed E-state index contributed by atoms with van der Waals surface area (Å²) in [4.78, 5) is 23.1. The van der Waals surface area contributed by atoms with E-state index in [2.05, 4.69) is 21.2 Å². The SMILES string of the molecule is Cc1sc(Br)cc1S(=O)(=O)N1CC(=O)NCC1C(=O)O. The van der Waals surface area contributed by atoms with Gasteiger partial charge in [-0.15, -0.1) is 11.3 Å². The van der Waals surface area contributed by atoms with Crippen LogP contribution in [0.2, 0.25) is 0 Å². The van der Waals surface area contributed by atoms with Crippen LogP contribution in [0, 0.1) is 6.92 Å². The highest BCUT2D eigenvalue weighted by Gasteiger charge is 2.41. The van der Waals surface area contributed by atoms with E-state index in [-0.39, 0.29) is 11.4 Å². The van der Waals surface area contributed by atoms with Crippen LogP contribution in [0.5, 0.6) is 0 Å². The number of amides is 1. The highest BCUT2D eigenvalue weighted by molar-refractivity contribution is 9.11. The number of aryl methyl sites for hydroxylation is 1. The van der Waals surface area contributed by atoms with Crippen molar-refractivity contribution >= 4 is 49.2 Å². The third-order valence-electron chi connectivity index (χ3n) is 2.85. The van der Waals surface area contributed by atoms with Gasteiger partial charge in [0, 0.05) is 11.4 Å². The lowest BCUT2D eigenvalue weighted by Crippen LogP contribution is -2.59. The third kappa shape index (κ3) is 2.73. The average molecular weight is 383 g/mol. The van der Waals surface area contributed by atoms with Gasteiger partial charge in [0.25, 0.3) is 0 Å². The van der Waals surface area contributed by atoms with Crippen molar-refractivity contribution < 1.29 is 23.1 Å². The first-order chi connectivity index (χ1) is 9.23. The number of rotatable bonds is 3. The molecule has 110 valence electrons. The number of hydrogen-bond acceptors (Lipinski definition) is 5. The van der Waals surface area contributed by atoms with Crippen LogP contribution >= 0.6 is 27.3 Å². The molecule has 1 saturated heterocycles. The first-order valence-electron chi connectivity index (χ1n) is 5.50. The zero-order valence-electron chi connectivity index (χ0n) is 10.3. The van der Waals surface area contributed by atoms with E-state index in [1.165, 1.54) is 17.4 Å². The maximum atomic E-state index is 12.6. The van der Waals surface area contributed by atoms with Gasteiger partial charge in [0.05, 0.1) is 15.2 Å². The van der Waals surface area contributed by atoms with Gasteiger partial charge in [-0.3, -0.25) is 9.59 Å². The Balaban J connectivity index is 2.47. The zero-order valence-corrected chi connectivity index (χ0v) is 13.5. The molecule has 1 unspecified atom stereocenters. The summed E-state index contributed by atoms with van der Waals surface area (Å²) in [5.41, 5.74) is 0. The lowest BCUT2D eigenvalue weighted by Gasteiger charge is -2.31. The van der Waals surface area contributed by atoms with Crippen molar-refractivity contribution in [2.75, 3.05) is 13.1 Å². The number of piperazine rings is 1. The lowest BCUT2D eigenvalue weighted by atomic mass is 10.2. The van der Waals surface area contributed by atoms with Crippen molar-refractivity contribution in [1.82, 2.24) is 9.62 Å². The van der Waals surface area contributed by atoms with E-state index in [9.17, 15) is 18.0 Å². The second kappa shape index (κ2) is 5.43. The number of carboxylic acid groups (broad SMARTS) is 1. The van der Waals surface area contributed by atoms with Crippen LogP contribution in [0.1, 0.15) is 4.88 Å². The predicted octanol–water partition coefficient (Wildman–Crippen LogP) is 0.393. The Morgan fingerprint density at radius 3 is 2.75 bits per heavy atom. The predicted molar refractivity (Wildman–Crippen MR) is 75.1 cm³/mol. The Kier molecular flexibility index (Phi) is 4.19. The van der Waals surface area contributed by atoms with E-state index in [4.69, 9.17) is 5.11 Å². The second-order valence-corrected chi connectivity index (χ2v) is 8.67. The Morgan fingerprint density at radius 1 is 1.60 bits per heavy atom. The smallest absolute Gasteiger partial charge is 0.323 e. The summed E-state index contributed by atoms with van der Waals surface area (Å²) in [6.45, 7) is 0.895. The van der Waals surface area contributed by atoms with Crippen molar-refractivity contribution in [3.05, 3.63) is 14.7 Å². The largest absolute Gasteiger partial charge is 0.480 e. The molecule has 1 amide bonds. The number of carbonyl (C=O) groups excluding carboxylic acids is 1. The molecule has 1 fully saturated rings. The van der Waals surface area contributed by atoms with Crippen LogP contribution < -0.4 is 5.32 Å². The highest BCUT2D eigenvalue weighted by Crippen LogP contribution is 2.32.